The molecule has 21 heavy (non-hydrogen) atoms. The maximum Gasteiger partial charge on any atom is 0.339 e. The maximum atomic E-state index is 12.2. The molecule has 1 unspecified atom stereocenters. The number of carbonyl (C=O) groups is 1. The first-order valence-electron chi connectivity index (χ1n) is 6.58. The van der Waals surface area contributed by atoms with Gasteiger partial charge >= 0.3 is 5.97 Å². The van der Waals surface area contributed by atoms with Gasteiger partial charge in [0, 0.05) is 6.54 Å². The van der Waals surface area contributed by atoms with Crippen LogP contribution in [-0.2, 0) is 10.0 Å². The molecule has 6 nitrogen and oxygen atoms in total. The van der Waals surface area contributed by atoms with Crippen LogP contribution >= 0.6 is 0 Å². The van der Waals surface area contributed by atoms with Crippen molar-refractivity contribution in [1.82, 2.24) is 4.72 Å². The van der Waals surface area contributed by atoms with Crippen molar-refractivity contribution in [3.63, 3.8) is 0 Å². The number of hydrogen-bond acceptors (Lipinski definition) is 4. The Hall–Kier alpha value is -1.60. The van der Waals surface area contributed by atoms with Gasteiger partial charge in [-0.2, -0.15) is 0 Å². The van der Waals surface area contributed by atoms with Gasteiger partial charge in [0.15, 0.2) is 0 Å². The lowest BCUT2D eigenvalue weighted by molar-refractivity contribution is 0.0693. The Morgan fingerprint density at radius 2 is 2.10 bits per heavy atom. The van der Waals surface area contributed by atoms with Gasteiger partial charge in [-0.3, -0.25) is 0 Å². The number of rotatable bonds is 6. The highest BCUT2D eigenvalue weighted by molar-refractivity contribution is 7.89. The summed E-state index contributed by atoms with van der Waals surface area (Å²) in [4.78, 5) is 11.1. The lowest BCUT2D eigenvalue weighted by Gasteiger charge is -2.10. The van der Waals surface area contributed by atoms with Crippen molar-refractivity contribution in [2.75, 3.05) is 13.7 Å². The highest BCUT2D eigenvalue weighted by Gasteiger charge is 2.45. The fourth-order valence-corrected chi connectivity index (χ4v) is 3.35. The molecule has 0 saturated heterocycles. The average molecular weight is 313 g/mol. The van der Waals surface area contributed by atoms with Gasteiger partial charge in [0.1, 0.15) is 11.3 Å². The zero-order chi connectivity index (χ0) is 15.8. The Balaban J connectivity index is 2.20. The van der Waals surface area contributed by atoms with E-state index in [0.717, 1.165) is 12.5 Å². The summed E-state index contributed by atoms with van der Waals surface area (Å²) < 4.78 is 31.9. The normalized spacial score (nSPS) is 20.0. The van der Waals surface area contributed by atoms with Crippen molar-refractivity contribution in [1.29, 1.82) is 0 Å². The Morgan fingerprint density at radius 1 is 1.48 bits per heavy atom. The van der Waals surface area contributed by atoms with Crippen LogP contribution in [0.4, 0.5) is 0 Å². The second-order valence-electron chi connectivity index (χ2n) is 5.91. The predicted molar refractivity (Wildman–Crippen MR) is 77.0 cm³/mol. The molecule has 116 valence electrons. The minimum Gasteiger partial charge on any atom is -0.496 e. The summed E-state index contributed by atoms with van der Waals surface area (Å²) in [5.41, 5.74) is 0.00129. The molecule has 2 rings (SSSR count). The largest absolute Gasteiger partial charge is 0.496 e. The van der Waals surface area contributed by atoms with Crippen LogP contribution in [0.25, 0.3) is 0 Å². The highest BCUT2D eigenvalue weighted by atomic mass is 32.2. The van der Waals surface area contributed by atoms with Crippen LogP contribution in [0.15, 0.2) is 23.1 Å². The van der Waals surface area contributed by atoms with Gasteiger partial charge in [-0.1, -0.05) is 13.8 Å². The Labute approximate surface area is 124 Å². The van der Waals surface area contributed by atoms with Crippen molar-refractivity contribution in [3.8, 4) is 5.75 Å². The molecule has 0 bridgehead atoms. The zero-order valence-corrected chi connectivity index (χ0v) is 13.0. The van der Waals surface area contributed by atoms with E-state index in [-0.39, 0.29) is 21.6 Å². The van der Waals surface area contributed by atoms with Crippen molar-refractivity contribution < 1.29 is 23.1 Å². The minimum absolute atomic E-state index is 0.0702. The van der Waals surface area contributed by atoms with Crippen LogP contribution in [0.2, 0.25) is 0 Å². The van der Waals surface area contributed by atoms with Gasteiger partial charge in [0.05, 0.1) is 12.0 Å². The van der Waals surface area contributed by atoms with Crippen LogP contribution in [0.3, 0.4) is 0 Å². The van der Waals surface area contributed by atoms with Gasteiger partial charge in [-0.15, -0.1) is 0 Å². The third kappa shape index (κ3) is 3.36. The van der Waals surface area contributed by atoms with E-state index in [2.05, 4.69) is 18.6 Å². The Kier molecular flexibility index (Phi) is 3.99. The molecular weight excluding hydrogens is 294 g/mol. The molecule has 1 saturated carbocycles. The standard InChI is InChI=1S/C14H19NO5S/c1-14(2)7-9(14)8-15-21(18,19)10-4-5-12(20-3)11(6-10)13(16)17/h4-6,9,15H,7-8H2,1-3H3,(H,16,17). The van der Waals surface area contributed by atoms with E-state index < -0.39 is 16.0 Å². The predicted octanol–water partition coefficient (Wildman–Crippen LogP) is 1.72. The molecule has 1 aliphatic carbocycles. The summed E-state index contributed by atoms with van der Waals surface area (Å²) in [7, 11) is -2.38. The Morgan fingerprint density at radius 3 is 2.57 bits per heavy atom. The van der Waals surface area contributed by atoms with E-state index in [9.17, 15) is 13.2 Å². The summed E-state index contributed by atoms with van der Waals surface area (Å²) in [5.74, 6) is -0.776. The van der Waals surface area contributed by atoms with E-state index in [4.69, 9.17) is 9.84 Å². The molecule has 1 aromatic carbocycles. The molecule has 0 spiro atoms. The van der Waals surface area contributed by atoms with Crippen molar-refractivity contribution in [2.45, 2.75) is 25.2 Å². The Bertz CT molecular complexity index is 666. The average Bonchev–Trinajstić information content (AvgIpc) is 3.03. The lowest BCUT2D eigenvalue weighted by atomic mass is 10.1. The fraction of sp³-hybridized carbons (Fsp3) is 0.500. The number of hydrogen-bond donors (Lipinski definition) is 2. The molecule has 0 heterocycles. The quantitative estimate of drug-likeness (QED) is 0.834. The first-order valence-corrected chi connectivity index (χ1v) is 8.07. The van der Waals surface area contributed by atoms with Crippen molar-refractivity contribution >= 4 is 16.0 Å². The number of carboxylic acids is 1. The van der Waals surface area contributed by atoms with Gasteiger partial charge in [-0.05, 0) is 36.0 Å². The number of aromatic carboxylic acids is 1. The van der Waals surface area contributed by atoms with E-state index in [1.165, 1.54) is 19.2 Å². The summed E-state index contributed by atoms with van der Waals surface area (Å²) in [6.45, 7) is 4.54. The van der Waals surface area contributed by atoms with Crippen molar-refractivity contribution in [2.24, 2.45) is 11.3 Å². The number of ether oxygens (including phenoxy) is 1. The number of nitrogens with one attached hydrogen (secondary N) is 1. The number of sulfonamides is 1. The number of benzene rings is 1. The molecule has 1 aromatic rings. The van der Waals surface area contributed by atoms with Gasteiger partial charge < -0.3 is 9.84 Å². The second kappa shape index (κ2) is 5.31. The summed E-state index contributed by atoms with van der Waals surface area (Å²) >= 11 is 0. The molecule has 0 aromatic heterocycles. The SMILES string of the molecule is COc1ccc(S(=O)(=O)NCC2CC2(C)C)cc1C(=O)O. The molecule has 2 N–H and O–H groups in total. The molecule has 1 fully saturated rings. The number of carboxylic acid groups (broad SMARTS) is 1. The first-order chi connectivity index (χ1) is 9.67. The van der Waals surface area contributed by atoms with Crippen LogP contribution < -0.4 is 9.46 Å². The monoisotopic (exact) mass is 313 g/mol. The molecule has 7 heteroatoms. The van der Waals surface area contributed by atoms with Crippen LogP contribution in [0.5, 0.6) is 5.75 Å². The summed E-state index contributed by atoms with van der Waals surface area (Å²) in [6.07, 6.45) is 0.985. The van der Waals surface area contributed by atoms with E-state index in [1.54, 1.807) is 0 Å². The number of methoxy groups -OCH3 is 1. The third-order valence-electron chi connectivity index (χ3n) is 3.95. The fourth-order valence-electron chi connectivity index (χ4n) is 2.24. The molecule has 0 radical (unpaired) electrons. The van der Waals surface area contributed by atoms with Gasteiger partial charge in [0.25, 0.3) is 0 Å². The molecule has 0 amide bonds. The van der Waals surface area contributed by atoms with E-state index >= 15 is 0 Å². The zero-order valence-electron chi connectivity index (χ0n) is 12.2. The van der Waals surface area contributed by atoms with E-state index in [1.807, 2.05) is 0 Å². The third-order valence-corrected chi connectivity index (χ3v) is 5.37. The van der Waals surface area contributed by atoms with Gasteiger partial charge in [-0.25, -0.2) is 17.9 Å². The smallest absolute Gasteiger partial charge is 0.339 e. The molecule has 1 atom stereocenters. The van der Waals surface area contributed by atoms with Crippen molar-refractivity contribution in [3.05, 3.63) is 23.8 Å². The molecule has 1 aliphatic rings. The first kappa shape index (κ1) is 15.8. The van der Waals surface area contributed by atoms with Crippen LogP contribution in [-0.4, -0.2) is 33.1 Å². The van der Waals surface area contributed by atoms with Crippen LogP contribution in [0, 0.1) is 11.3 Å². The maximum absolute atomic E-state index is 12.2. The molecular formula is C14H19NO5S. The van der Waals surface area contributed by atoms with E-state index in [0.29, 0.717) is 12.5 Å². The van der Waals surface area contributed by atoms with Crippen LogP contribution in [0.1, 0.15) is 30.6 Å². The highest BCUT2D eigenvalue weighted by Crippen LogP contribution is 2.51. The summed E-state index contributed by atoms with van der Waals surface area (Å²) in [6, 6.07) is 3.80. The topological polar surface area (TPSA) is 92.7 Å². The molecule has 0 aliphatic heterocycles. The summed E-state index contributed by atoms with van der Waals surface area (Å²) in [5, 5.41) is 9.09. The second-order valence-corrected chi connectivity index (χ2v) is 7.68. The lowest BCUT2D eigenvalue weighted by Crippen LogP contribution is -2.27. The van der Waals surface area contributed by atoms with Gasteiger partial charge in [0.2, 0.25) is 10.0 Å². The minimum atomic E-state index is -3.72.